The monoisotopic (exact) mass is 388 g/mol. The van der Waals surface area contributed by atoms with Crippen molar-refractivity contribution >= 4 is 42.7 Å². The van der Waals surface area contributed by atoms with Gasteiger partial charge < -0.3 is 10.4 Å². The van der Waals surface area contributed by atoms with Gasteiger partial charge in [0.2, 0.25) is 0 Å². The van der Waals surface area contributed by atoms with Crippen LogP contribution in [0.4, 0.5) is 11.4 Å². The molecule has 0 aliphatic heterocycles. The van der Waals surface area contributed by atoms with Crippen LogP contribution >= 0.6 is 21.5 Å². The van der Waals surface area contributed by atoms with Gasteiger partial charge in [0.1, 0.15) is 5.69 Å². The van der Waals surface area contributed by atoms with E-state index in [9.17, 15) is 16.7 Å². The van der Waals surface area contributed by atoms with E-state index in [1.807, 2.05) is 0 Å². The number of anilines is 2. The van der Waals surface area contributed by atoms with Gasteiger partial charge in [-0.1, -0.05) is 6.07 Å². The minimum Gasteiger partial charge on any atom is -0.395 e. The number of hydrogen-bond acceptors (Lipinski definition) is 6. The number of nitrogens with one attached hydrogen (secondary N) is 1. The Morgan fingerprint density at radius 1 is 1.44 bits per heavy atom. The van der Waals surface area contributed by atoms with E-state index in [1.54, 1.807) is 0 Å². The van der Waals surface area contributed by atoms with E-state index in [2.05, 4.69) is 5.32 Å². The van der Waals surface area contributed by atoms with Crippen LogP contribution in [0.15, 0.2) is 23.1 Å². The second-order valence-electron chi connectivity index (χ2n) is 3.40. The van der Waals surface area contributed by atoms with E-state index in [-0.39, 0.29) is 29.4 Å². The van der Waals surface area contributed by atoms with Crippen LogP contribution in [-0.2, 0) is 12.9 Å². The molecule has 7 nitrogen and oxygen atoms in total. The highest BCUT2D eigenvalue weighted by atomic mass is 127. The van der Waals surface area contributed by atoms with Crippen LogP contribution in [0.5, 0.6) is 0 Å². The summed E-state index contributed by atoms with van der Waals surface area (Å²) in [5, 5.41) is 20.9. The first kappa shape index (κ1) is 15.3. The lowest BCUT2D eigenvalue weighted by Crippen LogP contribution is -2.14. The van der Waals surface area contributed by atoms with Crippen molar-refractivity contribution in [2.24, 2.45) is 0 Å². The molecule has 0 spiro atoms. The summed E-state index contributed by atoms with van der Waals surface area (Å²) < 4.78 is 34.5. The average Bonchev–Trinajstić information content (AvgIpc) is 2.33. The maximum atomic E-state index is 11.6. The van der Waals surface area contributed by atoms with E-state index >= 15 is 0 Å². The Balaban J connectivity index is 3.39. The lowest BCUT2D eigenvalue weighted by Gasteiger charge is -2.17. The fourth-order valence-electron chi connectivity index (χ4n) is 1.38. The number of benzene rings is 1. The molecule has 0 aliphatic carbocycles. The Hall–Kier alpha value is -0.780. The molecule has 0 aromatic heterocycles. The smallest absolute Gasteiger partial charge is 0.300 e. The first-order chi connectivity index (χ1) is 8.41. The van der Waals surface area contributed by atoms with Crippen molar-refractivity contribution in [3.63, 3.8) is 0 Å². The summed E-state index contributed by atoms with van der Waals surface area (Å²) in [5.74, 6) is 0. The topological polar surface area (TPSA) is 107 Å². The number of aliphatic hydroxyl groups is 1. The molecular weight excluding hydrogens is 375 g/mol. The van der Waals surface area contributed by atoms with Crippen LogP contribution in [0.2, 0.25) is 0 Å². The van der Waals surface area contributed by atoms with Gasteiger partial charge in [0.15, 0.2) is 9.84 Å². The highest BCUT2D eigenvalue weighted by Crippen LogP contribution is 2.34. The minimum absolute atomic E-state index is 0.0232. The summed E-state index contributed by atoms with van der Waals surface area (Å²) in [6, 6.07) is 4.25. The number of halogens is 1. The molecule has 0 saturated heterocycles. The Morgan fingerprint density at radius 2 is 2.11 bits per heavy atom. The quantitative estimate of drug-likeness (QED) is 0.378. The number of hydrogen-bond donors (Lipinski definition) is 3. The summed E-state index contributed by atoms with van der Waals surface area (Å²) >= 11 is -1.87. The number of rotatable bonds is 6. The van der Waals surface area contributed by atoms with Crippen molar-refractivity contribution in [1.82, 2.24) is 0 Å². The Kier molecular flexibility index (Phi) is 5.44. The fraction of sp³-hybridized carbons (Fsp3) is 0.333. The van der Waals surface area contributed by atoms with Crippen LogP contribution in [0.1, 0.15) is 0 Å². The van der Waals surface area contributed by atoms with Crippen LogP contribution in [0, 0.1) is 0 Å². The minimum atomic E-state index is -3.50. The Bertz CT molecular complexity index is 534. The van der Waals surface area contributed by atoms with Gasteiger partial charge in [-0.2, -0.15) is 3.28 Å². The second kappa shape index (κ2) is 6.41. The molecule has 9 heteroatoms. The molecule has 0 unspecified atom stereocenters. The molecule has 0 amide bonds. The molecule has 1 aromatic carbocycles. The normalized spacial score (nSPS) is 11.3. The van der Waals surface area contributed by atoms with Gasteiger partial charge in [-0.05, 0) is 12.1 Å². The molecule has 0 aliphatic rings. The zero-order valence-corrected chi connectivity index (χ0v) is 12.5. The SMILES string of the molecule is CS(=O)(=O)c1cccc(N(O)I=O)c1NCCO. The van der Waals surface area contributed by atoms with Gasteiger partial charge >= 0.3 is 0 Å². The standard InChI is InChI=1S/C9H13IN2O5S/c1-18(16,17)8-4-2-3-7(12(15)10-14)9(8)11-5-6-13/h2-4,11,13,15H,5-6H2,1H3. The van der Waals surface area contributed by atoms with Gasteiger partial charge in [0, 0.05) is 12.8 Å². The molecule has 18 heavy (non-hydrogen) atoms. The second-order valence-corrected chi connectivity index (χ2v) is 6.69. The Labute approximate surface area is 115 Å². The predicted molar refractivity (Wildman–Crippen MR) is 74.1 cm³/mol. The third-order valence-corrected chi connectivity index (χ3v) is 4.11. The zero-order chi connectivity index (χ0) is 13.8. The number of sulfone groups is 1. The summed E-state index contributed by atoms with van der Waals surface area (Å²) in [5.41, 5.74) is 0.237. The summed E-state index contributed by atoms with van der Waals surface area (Å²) in [6.07, 6.45) is 1.03. The lowest BCUT2D eigenvalue weighted by atomic mass is 10.2. The molecule has 0 atom stereocenters. The Morgan fingerprint density at radius 3 is 2.61 bits per heavy atom. The molecule has 0 saturated carbocycles. The maximum Gasteiger partial charge on any atom is 0.300 e. The maximum absolute atomic E-state index is 11.6. The van der Waals surface area contributed by atoms with Gasteiger partial charge in [-0.15, -0.1) is 0 Å². The predicted octanol–water partition coefficient (Wildman–Crippen LogP) is 0.921. The molecule has 0 bridgehead atoms. The lowest BCUT2D eigenvalue weighted by molar-refractivity contribution is 0.310. The van der Waals surface area contributed by atoms with Gasteiger partial charge in [-0.25, -0.2) is 11.5 Å². The van der Waals surface area contributed by atoms with E-state index < -0.39 is 31.3 Å². The molecule has 1 aromatic rings. The number of nitrogens with zero attached hydrogens (tertiary/aromatic N) is 1. The van der Waals surface area contributed by atoms with Gasteiger partial charge in [-0.3, -0.25) is 5.21 Å². The third kappa shape index (κ3) is 3.60. The van der Waals surface area contributed by atoms with Crippen LogP contribution in [0.3, 0.4) is 0 Å². The van der Waals surface area contributed by atoms with E-state index in [4.69, 9.17) is 5.11 Å². The van der Waals surface area contributed by atoms with Crippen LogP contribution in [0.25, 0.3) is 0 Å². The summed E-state index contributed by atoms with van der Waals surface area (Å²) in [7, 11) is -3.50. The fourth-order valence-corrected chi connectivity index (χ4v) is 2.87. The molecule has 1 rings (SSSR count). The highest BCUT2D eigenvalue weighted by Gasteiger charge is 2.19. The first-order valence-electron chi connectivity index (χ1n) is 4.86. The summed E-state index contributed by atoms with van der Waals surface area (Å²) in [4.78, 5) is -0.0232. The number of aliphatic hydroxyl groups excluding tert-OH is 1. The van der Waals surface area contributed by atoms with Crippen molar-refractivity contribution in [2.45, 2.75) is 4.90 Å². The first-order valence-corrected chi connectivity index (χ1v) is 8.59. The van der Waals surface area contributed by atoms with Gasteiger partial charge in [0.05, 0.1) is 17.2 Å². The molecule has 3 N–H and O–H groups in total. The van der Waals surface area contributed by atoms with E-state index in [0.29, 0.717) is 3.28 Å². The largest absolute Gasteiger partial charge is 0.395 e. The third-order valence-electron chi connectivity index (χ3n) is 2.08. The molecule has 0 radical (unpaired) electrons. The van der Waals surface area contributed by atoms with Crippen LogP contribution in [-0.4, -0.2) is 38.1 Å². The molecule has 0 fully saturated rings. The summed E-state index contributed by atoms with van der Waals surface area (Å²) in [6.45, 7) is -0.0834. The molecule has 0 heterocycles. The van der Waals surface area contributed by atoms with Crippen molar-refractivity contribution in [3.05, 3.63) is 18.2 Å². The van der Waals surface area contributed by atoms with Crippen molar-refractivity contribution in [1.29, 1.82) is 0 Å². The highest BCUT2D eigenvalue weighted by molar-refractivity contribution is 14.1. The van der Waals surface area contributed by atoms with E-state index in [1.165, 1.54) is 18.2 Å². The van der Waals surface area contributed by atoms with Crippen molar-refractivity contribution in [2.75, 3.05) is 28.0 Å². The zero-order valence-electron chi connectivity index (χ0n) is 9.50. The molecular formula is C9H13IN2O5S. The van der Waals surface area contributed by atoms with Crippen LogP contribution < -0.4 is 8.59 Å². The van der Waals surface area contributed by atoms with Crippen molar-refractivity contribution < 1.29 is 21.8 Å². The van der Waals surface area contributed by atoms with E-state index in [0.717, 1.165) is 6.26 Å². The number of para-hydroxylation sites is 1. The average molecular weight is 388 g/mol. The van der Waals surface area contributed by atoms with Gasteiger partial charge in [0.25, 0.3) is 21.5 Å². The van der Waals surface area contributed by atoms with Crippen molar-refractivity contribution in [3.8, 4) is 0 Å². The molecule has 102 valence electrons.